The van der Waals surface area contributed by atoms with E-state index in [2.05, 4.69) is 10.3 Å². The van der Waals surface area contributed by atoms with Crippen molar-refractivity contribution in [3.63, 3.8) is 0 Å². The minimum atomic E-state index is -0.216. The molecule has 0 bridgehead atoms. The van der Waals surface area contributed by atoms with Crippen LogP contribution in [0.4, 0.5) is 4.39 Å². The Morgan fingerprint density at radius 2 is 2.28 bits per heavy atom. The zero-order valence-corrected chi connectivity index (χ0v) is 10.2. The van der Waals surface area contributed by atoms with Gasteiger partial charge in [0.1, 0.15) is 18.5 Å². The van der Waals surface area contributed by atoms with E-state index in [1.807, 2.05) is 6.07 Å². The molecule has 1 fully saturated rings. The molecule has 0 spiro atoms. The zero-order chi connectivity index (χ0) is 12.4. The molecular weight excluding hydrogens is 231 g/mol. The Labute approximate surface area is 106 Å². The molecule has 0 amide bonds. The molecule has 1 aromatic carbocycles. The third-order valence-corrected chi connectivity index (χ3v) is 3.51. The lowest BCUT2D eigenvalue weighted by Crippen LogP contribution is -2.40. The first-order valence-electron chi connectivity index (χ1n) is 6.52. The first-order chi connectivity index (χ1) is 8.83. The highest BCUT2D eigenvalue weighted by molar-refractivity contribution is 5.83. The lowest BCUT2D eigenvalue weighted by atomic mass is 10.1. The van der Waals surface area contributed by atoms with Crippen molar-refractivity contribution in [3.05, 3.63) is 35.6 Å². The second-order valence-electron chi connectivity index (χ2n) is 4.85. The summed E-state index contributed by atoms with van der Waals surface area (Å²) in [7, 11) is 0. The first kappa shape index (κ1) is 11.7. The third-order valence-electron chi connectivity index (χ3n) is 3.51. The molecule has 0 aromatic heterocycles. The fourth-order valence-electron chi connectivity index (χ4n) is 2.53. The molecule has 1 N–H and O–H groups in total. The van der Waals surface area contributed by atoms with E-state index in [9.17, 15) is 4.39 Å². The van der Waals surface area contributed by atoms with Crippen LogP contribution in [0.25, 0.3) is 0 Å². The number of rotatable bonds is 2. The first-order valence-corrected chi connectivity index (χ1v) is 6.52. The monoisotopic (exact) mass is 248 g/mol. The molecule has 3 rings (SSSR count). The maximum absolute atomic E-state index is 13.2. The largest absolute Gasteiger partial charge is 0.477 e. The highest BCUT2D eigenvalue weighted by atomic mass is 19.1. The quantitative estimate of drug-likeness (QED) is 0.872. The van der Waals surface area contributed by atoms with Crippen molar-refractivity contribution in [2.45, 2.75) is 31.3 Å². The molecule has 2 heterocycles. The number of halogens is 1. The molecule has 0 aliphatic carbocycles. The van der Waals surface area contributed by atoms with Gasteiger partial charge in [0.2, 0.25) is 5.90 Å². The second-order valence-corrected chi connectivity index (χ2v) is 4.85. The van der Waals surface area contributed by atoms with Gasteiger partial charge in [-0.1, -0.05) is 18.6 Å². The Bertz CT molecular complexity index is 455. The van der Waals surface area contributed by atoms with Gasteiger partial charge in [-0.15, -0.1) is 0 Å². The standard InChI is InChI=1S/C14H17FN2O/c15-11-5-3-4-10(8-11)13-9-18-14(17-13)12-6-1-2-7-16-12/h3-5,8,12-13,16H,1-2,6-7,9H2. The van der Waals surface area contributed by atoms with Crippen LogP contribution in [0, 0.1) is 5.82 Å². The van der Waals surface area contributed by atoms with Crippen molar-refractivity contribution in [1.29, 1.82) is 0 Å². The fraction of sp³-hybridized carbons (Fsp3) is 0.500. The van der Waals surface area contributed by atoms with Gasteiger partial charge >= 0.3 is 0 Å². The number of hydrogen-bond donors (Lipinski definition) is 1. The van der Waals surface area contributed by atoms with Crippen LogP contribution in [0.1, 0.15) is 30.9 Å². The Hall–Kier alpha value is -1.42. The van der Waals surface area contributed by atoms with E-state index in [1.54, 1.807) is 6.07 Å². The summed E-state index contributed by atoms with van der Waals surface area (Å²) in [5.74, 6) is 0.580. The van der Waals surface area contributed by atoms with Crippen LogP contribution in [0.2, 0.25) is 0 Å². The van der Waals surface area contributed by atoms with Gasteiger partial charge in [-0.25, -0.2) is 9.38 Å². The maximum atomic E-state index is 13.2. The van der Waals surface area contributed by atoms with Gasteiger partial charge in [0.25, 0.3) is 0 Å². The summed E-state index contributed by atoms with van der Waals surface area (Å²) in [5, 5.41) is 3.41. The number of benzene rings is 1. The molecule has 2 aliphatic heterocycles. The summed E-state index contributed by atoms with van der Waals surface area (Å²) in [6.45, 7) is 1.55. The van der Waals surface area contributed by atoms with E-state index in [4.69, 9.17) is 4.74 Å². The molecule has 4 heteroatoms. The molecule has 18 heavy (non-hydrogen) atoms. The molecule has 1 aromatic rings. The van der Waals surface area contributed by atoms with Gasteiger partial charge < -0.3 is 10.1 Å². The van der Waals surface area contributed by atoms with Crippen molar-refractivity contribution in [2.24, 2.45) is 4.99 Å². The topological polar surface area (TPSA) is 33.6 Å². The lowest BCUT2D eigenvalue weighted by Gasteiger charge is -2.22. The van der Waals surface area contributed by atoms with Crippen LogP contribution in [0.5, 0.6) is 0 Å². The normalized spacial score (nSPS) is 27.7. The predicted molar refractivity (Wildman–Crippen MR) is 68.2 cm³/mol. The maximum Gasteiger partial charge on any atom is 0.201 e. The summed E-state index contributed by atoms with van der Waals surface area (Å²) in [4.78, 5) is 4.59. The third kappa shape index (κ3) is 2.38. The molecule has 3 nitrogen and oxygen atoms in total. The smallest absolute Gasteiger partial charge is 0.201 e. The summed E-state index contributed by atoms with van der Waals surface area (Å²) >= 11 is 0. The van der Waals surface area contributed by atoms with Crippen LogP contribution >= 0.6 is 0 Å². The highest BCUT2D eigenvalue weighted by Gasteiger charge is 2.27. The molecule has 96 valence electrons. The van der Waals surface area contributed by atoms with Crippen molar-refractivity contribution >= 4 is 5.90 Å². The molecule has 1 saturated heterocycles. The molecule has 2 aliphatic rings. The van der Waals surface area contributed by atoms with Gasteiger partial charge in [0, 0.05) is 0 Å². The molecule has 2 atom stereocenters. The Balaban J connectivity index is 1.74. The number of aliphatic imine (C=N–C) groups is 1. The number of hydrogen-bond acceptors (Lipinski definition) is 3. The Kier molecular flexibility index (Phi) is 3.28. The summed E-state index contributed by atoms with van der Waals surface area (Å²) in [6, 6.07) is 6.80. The minimum absolute atomic E-state index is 0.0561. The van der Waals surface area contributed by atoms with Gasteiger partial charge in [0.05, 0.1) is 6.04 Å². The van der Waals surface area contributed by atoms with Crippen LogP contribution in [0.15, 0.2) is 29.3 Å². The number of nitrogens with one attached hydrogen (secondary N) is 1. The predicted octanol–water partition coefficient (Wildman–Crippen LogP) is 2.44. The minimum Gasteiger partial charge on any atom is -0.477 e. The Morgan fingerprint density at radius 1 is 1.33 bits per heavy atom. The summed E-state index contributed by atoms with van der Waals surface area (Å²) < 4.78 is 18.8. The zero-order valence-electron chi connectivity index (χ0n) is 10.2. The van der Waals surface area contributed by atoms with Crippen LogP contribution in [-0.4, -0.2) is 25.1 Å². The lowest BCUT2D eigenvalue weighted by molar-refractivity contribution is 0.292. The summed E-state index contributed by atoms with van der Waals surface area (Å²) in [6.07, 6.45) is 3.51. The van der Waals surface area contributed by atoms with Gasteiger partial charge in [-0.05, 0) is 37.1 Å². The average molecular weight is 248 g/mol. The van der Waals surface area contributed by atoms with Gasteiger partial charge in [-0.2, -0.15) is 0 Å². The van der Waals surface area contributed by atoms with E-state index in [1.165, 1.54) is 25.0 Å². The number of piperidine rings is 1. The van der Waals surface area contributed by atoms with E-state index < -0.39 is 0 Å². The fourth-order valence-corrected chi connectivity index (χ4v) is 2.53. The van der Waals surface area contributed by atoms with Crippen molar-refractivity contribution in [3.8, 4) is 0 Å². The number of ether oxygens (including phenoxy) is 1. The van der Waals surface area contributed by atoms with E-state index in [0.717, 1.165) is 24.4 Å². The molecular formula is C14H17FN2O. The van der Waals surface area contributed by atoms with Crippen molar-refractivity contribution < 1.29 is 9.13 Å². The van der Waals surface area contributed by atoms with Crippen molar-refractivity contribution in [1.82, 2.24) is 5.32 Å². The average Bonchev–Trinajstić information content (AvgIpc) is 2.89. The Morgan fingerprint density at radius 3 is 3.06 bits per heavy atom. The molecule has 0 saturated carbocycles. The van der Waals surface area contributed by atoms with Crippen LogP contribution < -0.4 is 5.32 Å². The highest BCUT2D eigenvalue weighted by Crippen LogP contribution is 2.25. The van der Waals surface area contributed by atoms with E-state index in [0.29, 0.717) is 6.61 Å². The van der Waals surface area contributed by atoms with E-state index in [-0.39, 0.29) is 17.9 Å². The second kappa shape index (κ2) is 5.06. The SMILES string of the molecule is Fc1cccc(C2COC(C3CCCCN3)=N2)c1. The molecule has 2 unspecified atom stereocenters. The number of nitrogens with zero attached hydrogens (tertiary/aromatic N) is 1. The van der Waals surface area contributed by atoms with Crippen molar-refractivity contribution in [2.75, 3.05) is 13.2 Å². The van der Waals surface area contributed by atoms with Gasteiger partial charge in [0.15, 0.2) is 0 Å². The van der Waals surface area contributed by atoms with Crippen LogP contribution in [-0.2, 0) is 4.74 Å². The van der Waals surface area contributed by atoms with Gasteiger partial charge in [-0.3, -0.25) is 0 Å². The summed E-state index contributed by atoms with van der Waals surface area (Å²) in [5.41, 5.74) is 0.890. The van der Waals surface area contributed by atoms with Crippen LogP contribution in [0.3, 0.4) is 0 Å². The van der Waals surface area contributed by atoms with E-state index >= 15 is 0 Å². The molecule has 0 radical (unpaired) electrons.